The third kappa shape index (κ3) is 3.31. The van der Waals surface area contributed by atoms with Crippen molar-refractivity contribution in [2.75, 3.05) is 5.32 Å². The molecular formula is C15H18N2. The normalized spacial score (nSPS) is 10.5. The van der Waals surface area contributed by atoms with Crippen LogP contribution in [0.4, 0.5) is 5.69 Å². The van der Waals surface area contributed by atoms with Gasteiger partial charge in [0.25, 0.3) is 0 Å². The molecule has 2 aromatic rings. The topological polar surface area (TPSA) is 24.9 Å². The van der Waals surface area contributed by atoms with E-state index in [-0.39, 0.29) is 0 Å². The van der Waals surface area contributed by atoms with Crippen LogP contribution in [-0.4, -0.2) is 4.98 Å². The summed E-state index contributed by atoms with van der Waals surface area (Å²) in [5.41, 5.74) is 3.79. The van der Waals surface area contributed by atoms with Crippen LogP contribution < -0.4 is 5.32 Å². The molecule has 2 nitrogen and oxygen atoms in total. The zero-order valence-corrected chi connectivity index (χ0v) is 10.4. The van der Waals surface area contributed by atoms with Crippen LogP contribution in [0.2, 0.25) is 0 Å². The van der Waals surface area contributed by atoms with Crippen molar-refractivity contribution in [1.82, 2.24) is 4.98 Å². The van der Waals surface area contributed by atoms with E-state index in [0.717, 1.165) is 12.2 Å². The van der Waals surface area contributed by atoms with Gasteiger partial charge in [-0.1, -0.05) is 38.1 Å². The molecular weight excluding hydrogens is 208 g/mol. The molecule has 1 aromatic heterocycles. The van der Waals surface area contributed by atoms with Gasteiger partial charge in [-0.05, 0) is 29.2 Å². The van der Waals surface area contributed by atoms with Crippen LogP contribution in [0, 0.1) is 0 Å². The molecule has 0 unspecified atom stereocenters. The Labute approximate surface area is 103 Å². The monoisotopic (exact) mass is 226 g/mol. The van der Waals surface area contributed by atoms with Crippen molar-refractivity contribution in [3.63, 3.8) is 0 Å². The molecule has 2 rings (SSSR count). The molecule has 0 radical (unpaired) electrons. The highest BCUT2D eigenvalue weighted by Gasteiger charge is 1.98. The Hall–Kier alpha value is -1.83. The van der Waals surface area contributed by atoms with Gasteiger partial charge < -0.3 is 5.32 Å². The zero-order chi connectivity index (χ0) is 12.1. The number of nitrogens with zero attached hydrogens (tertiary/aromatic N) is 1. The van der Waals surface area contributed by atoms with Gasteiger partial charge in [-0.3, -0.25) is 4.98 Å². The van der Waals surface area contributed by atoms with Crippen LogP contribution in [0.5, 0.6) is 0 Å². The molecule has 0 fully saturated rings. The molecule has 1 N–H and O–H groups in total. The summed E-state index contributed by atoms with van der Waals surface area (Å²) in [5, 5.41) is 3.37. The minimum Gasteiger partial charge on any atom is -0.381 e. The van der Waals surface area contributed by atoms with Gasteiger partial charge in [0.15, 0.2) is 0 Å². The van der Waals surface area contributed by atoms with Crippen LogP contribution in [0.3, 0.4) is 0 Å². The minimum atomic E-state index is 0.595. The Kier molecular flexibility index (Phi) is 3.76. The molecule has 0 saturated heterocycles. The minimum absolute atomic E-state index is 0.595. The smallest absolute Gasteiger partial charge is 0.0400 e. The van der Waals surface area contributed by atoms with Crippen molar-refractivity contribution in [2.45, 2.75) is 26.3 Å². The van der Waals surface area contributed by atoms with Gasteiger partial charge in [0.05, 0.1) is 0 Å². The third-order valence-corrected chi connectivity index (χ3v) is 2.82. The molecule has 0 amide bonds. The Morgan fingerprint density at radius 1 is 1.00 bits per heavy atom. The number of rotatable bonds is 4. The first-order valence-electron chi connectivity index (χ1n) is 5.98. The summed E-state index contributed by atoms with van der Waals surface area (Å²) in [4.78, 5) is 3.99. The van der Waals surface area contributed by atoms with E-state index in [1.54, 1.807) is 12.4 Å². The summed E-state index contributed by atoms with van der Waals surface area (Å²) >= 11 is 0. The lowest BCUT2D eigenvalue weighted by Crippen LogP contribution is -1.99. The Morgan fingerprint density at radius 3 is 2.24 bits per heavy atom. The summed E-state index contributed by atoms with van der Waals surface area (Å²) in [6.07, 6.45) is 3.59. The number of aromatic nitrogens is 1. The van der Waals surface area contributed by atoms with Crippen LogP contribution in [0.15, 0.2) is 48.8 Å². The number of anilines is 1. The van der Waals surface area contributed by atoms with E-state index < -0.39 is 0 Å². The molecule has 0 saturated carbocycles. The van der Waals surface area contributed by atoms with Crippen molar-refractivity contribution < 1.29 is 0 Å². The Bertz CT molecular complexity index is 446. The second-order valence-electron chi connectivity index (χ2n) is 4.49. The second-order valence-corrected chi connectivity index (χ2v) is 4.49. The van der Waals surface area contributed by atoms with Crippen molar-refractivity contribution in [1.29, 1.82) is 0 Å². The molecule has 0 aliphatic heterocycles. The highest BCUT2D eigenvalue weighted by Crippen LogP contribution is 2.15. The van der Waals surface area contributed by atoms with E-state index >= 15 is 0 Å². The lowest BCUT2D eigenvalue weighted by atomic mass is 10.0. The highest BCUT2D eigenvalue weighted by atomic mass is 14.9. The molecule has 0 aliphatic rings. The highest BCUT2D eigenvalue weighted by molar-refractivity contribution is 5.41. The summed E-state index contributed by atoms with van der Waals surface area (Å²) in [6.45, 7) is 5.27. The van der Waals surface area contributed by atoms with Crippen LogP contribution in [0.25, 0.3) is 0 Å². The van der Waals surface area contributed by atoms with E-state index in [9.17, 15) is 0 Å². The predicted octanol–water partition coefficient (Wildman–Crippen LogP) is 3.82. The van der Waals surface area contributed by atoms with E-state index in [1.807, 2.05) is 12.1 Å². The lowest BCUT2D eigenvalue weighted by Gasteiger charge is -2.08. The fraction of sp³-hybridized carbons (Fsp3) is 0.267. The van der Waals surface area contributed by atoms with Crippen molar-refractivity contribution in [3.8, 4) is 0 Å². The summed E-state index contributed by atoms with van der Waals surface area (Å²) in [6, 6.07) is 12.7. The van der Waals surface area contributed by atoms with Crippen LogP contribution in [-0.2, 0) is 6.54 Å². The van der Waals surface area contributed by atoms with Gasteiger partial charge in [0.1, 0.15) is 0 Å². The van der Waals surface area contributed by atoms with E-state index in [0.29, 0.717) is 5.92 Å². The SMILES string of the molecule is CC(C)c1ccc(CNc2ccncc2)cc1. The van der Waals surface area contributed by atoms with Gasteiger partial charge in [-0.15, -0.1) is 0 Å². The number of pyridine rings is 1. The molecule has 17 heavy (non-hydrogen) atoms. The third-order valence-electron chi connectivity index (χ3n) is 2.82. The molecule has 1 heterocycles. The second kappa shape index (κ2) is 5.48. The maximum Gasteiger partial charge on any atom is 0.0400 e. The number of hydrogen-bond acceptors (Lipinski definition) is 2. The Morgan fingerprint density at radius 2 is 1.65 bits per heavy atom. The van der Waals surface area contributed by atoms with E-state index in [2.05, 4.69) is 48.4 Å². The van der Waals surface area contributed by atoms with Gasteiger partial charge in [-0.25, -0.2) is 0 Å². The quantitative estimate of drug-likeness (QED) is 0.857. The standard InChI is InChI=1S/C15H18N2/c1-12(2)14-5-3-13(4-6-14)11-17-15-7-9-16-10-8-15/h3-10,12H,11H2,1-2H3,(H,16,17). The average molecular weight is 226 g/mol. The average Bonchev–Trinajstić information content (AvgIpc) is 2.38. The maximum atomic E-state index is 3.99. The molecule has 88 valence electrons. The fourth-order valence-corrected chi connectivity index (χ4v) is 1.69. The number of nitrogens with one attached hydrogen (secondary N) is 1. The van der Waals surface area contributed by atoms with Gasteiger partial charge >= 0.3 is 0 Å². The summed E-state index contributed by atoms with van der Waals surface area (Å²) in [7, 11) is 0. The summed E-state index contributed by atoms with van der Waals surface area (Å²) < 4.78 is 0. The van der Waals surface area contributed by atoms with E-state index in [4.69, 9.17) is 0 Å². The summed E-state index contributed by atoms with van der Waals surface area (Å²) in [5.74, 6) is 0.595. The molecule has 1 aromatic carbocycles. The number of benzene rings is 1. The van der Waals surface area contributed by atoms with Crippen LogP contribution in [0.1, 0.15) is 30.9 Å². The van der Waals surface area contributed by atoms with Crippen LogP contribution >= 0.6 is 0 Å². The Balaban J connectivity index is 1.96. The van der Waals surface area contributed by atoms with Gasteiger partial charge in [-0.2, -0.15) is 0 Å². The lowest BCUT2D eigenvalue weighted by molar-refractivity contribution is 0.865. The fourth-order valence-electron chi connectivity index (χ4n) is 1.69. The molecule has 0 atom stereocenters. The maximum absolute atomic E-state index is 3.99. The molecule has 0 aliphatic carbocycles. The molecule has 0 spiro atoms. The largest absolute Gasteiger partial charge is 0.381 e. The first-order valence-corrected chi connectivity index (χ1v) is 5.98. The first-order chi connectivity index (χ1) is 8.25. The first kappa shape index (κ1) is 11.6. The van der Waals surface area contributed by atoms with Crippen molar-refractivity contribution >= 4 is 5.69 Å². The molecule has 0 bridgehead atoms. The van der Waals surface area contributed by atoms with E-state index in [1.165, 1.54) is 11.1 Å². The van der Waals surface area contributed by atoms with Gasteiger partial charge in [0.2, 0.25) is 0 Å². The zero-order valence-electron chi connectivity index (χ0n) is 10.4. The molecule has 2 heteroatoms. The predicted molar refractivity (Wildman–Crippen MR) is 72.1 cm³/mol. The van der Waals surface area contributed by atoms with Crippen molar-refractivity contribution in [3.05, 3.63) is 59.9 Å². The van der Waals surface area contributed by atoms with Crippen molar-refractivity contribution in [2.24, 2.45) is 0 Å². The van der Waals surface area contributed by atoms with Gasteiger partial charge in [0, 0.05) is 24.6 Å². The number of hydrogen-bond donors (Lipinski definition) is 1.